The summed E-state index contributed by atoms with van der Waals surface area (Å²) in [4.78, 5) is 27.3. The van der Waals surface area contributed by atoms with E-state index in [0.717, 1.165) is 12.8 Å². The van der Waals surface area contributed by atoms with Gasteiger partial charge in [-0.1, -0.05) is 0 Å². The van der Waals surface area contributed by atoms with E-state index in [1.165, 1.54) is 18.2 Å². The fourth-order valence-electron chi connectivity index (χ4n) is 3.31. The molecule has 0 aliphatic carbocycles. The minimum absolute atomic E-state index is 0.164. The van der Waals surface area contributed by atoms with Crippen LogP contribution in [0.2, 0.25) is 0 Å². The number of methoxy groups -OCH3 is 1. The number of nitrogens with one attached hydrogen (secondary N) is 2. The first kappa shape index (κ1) is 19.8. The SMILES string of the molecule is CNC1CCCN(C(=O)c2ccc(F)cc2NC(=O)c2ccc(OC)cc2)C1. The van der Waals surface area contributed by atoms with Crippen molar-refractivity contribution in [3.63, 3.8) is 0 Å². The first-order chi connectivity index (χ1) is 13.5. The zero-order valence-electron chi connectivity index (χ0n) is 16.0. The van der Waals surface area contributed by atoms with Crippen LogP contribution in [0, 0.1) is 5.82 Å². The number of piperidine rings is 1. The van der Waals surface area contributed by atoms with Crippen molar-refractivity contribution in [1.82, 2.24) is 10.2 Å². The van der Waals surface area contributed by atoms with Crippen molar-refractivity contribution in [3.05, 3.63) is 59.4 Å². The molecule has 28 heavy (non-hydrogen) atoms. The molecule has 2 amide bonds. The zero-order chi connectivity index (χ0) is 20.1. The average molecular weight is 385 g/mol. The summed E-state index contributed by atoms with van der Waals surface area (Å²) in [6.07, 6.45) is 1.90. The highest BCUT2D eigenvalue weighted by Crippen LogP contribution is 2.23. The molecule has 1 fully saturated rings. The number of likely N-dealkylation sites (tertiary alicyclic amines) is 1. The predicted molar refractivity (Wildman–Crippen MR) is 105 cm³/mol. The van der Waals surface area contributed by atoms with Crippen molar-refractivity contribution < 1.29 is 18.7 Å². The number of ether oxygens (including phenoxy) is 1. The Morgan fingerprint density at radius 1 is 1.18 bits per heavy atom. The van der Waals surface area contributed by atoms with Crippen LogP contribution in [0.3, 0.4) is 0 Å². The summed E-state index contributed by atoms with van der Waals surface area (Å²) in [6.45, 7) is 1.22. The molecule has 6 nitrogen and oxygen atoms in total. The van der Waals surface area contributed by atoms with Gasteiger partial charge in [0, 0.05) is 24.7 Å². The molecule has 2 N–H and O–H groups in total. The third-order valence-corrected chi connectivity index (χ3v) is 4.93. The van der Waals surface area contributed by atoms with Gasteiger partial charge in [-0.3, -0.25) is 9.59 Å². The van der Waals surface area contributed by atoms with E-state index in [2.05, 4.69) is 10.6 Å². The molecule has 2 aromatic rings. The maximum atomic E-state index is 13.8. The second-order valence-corrected chi connectivity index (χ2v) is 6.75. The molecule has 3 rings (SSSR count). The van der Waals surface area contributed by atoms with E-state index in [1.807, 2.05) is 7.05 Å². The largest absolute Gasteiger partial charge is 0.497 e. The molecule has 7 heteroatoms. The quantitative estimate of drug-likeness (QED) is 0.830. The summed E-state index contributed by atoms with van der Waals surface area (Å²) in [5, 5.41) is 5.86. The van der Waals surface area contributed by atoms with Crippen molar-refractivity contribution in [2.75, 3.05) is 32.6 Å². The van der Waals surface area contributed by atoms with Gasteiger partial charge in [0.1, 0.15) is 11.6 Å². The second-order valence-electron chi connectivity index (χ2n) is 6.75. The Kier molecular flexibility index (Phi) is 6.26. The fraction of sp³-hybridized carbons (Fsp3) is 0.333. The third-order valence-electron chi connectivity index (χ3n) is 4.93. The van der Waals surface area contributed by atoms with Crippen LogP contribution in [0.25, 0.3) is 0 Å². The average Bonchev–Trinajstić information content (AvgIpc) is 2.73. The smallest absolute Gasteiger partial charge is 0.256 e. The summed E-state index contributed by atoms with van der Waals surface area (Å²) in [5.41, 5.74) is 0.828. The first-order valence-electron chi connectivity index (χ1n) is 9.23. The number of halogens is 1. The van der Waals surface area contributed by atoms with E-state index >= 15 is 0 Å². The first-order valence-corrected chi connectivity index (χ1v) is 9.23. The van der Waals surface area contributed by atoms with Gasteiger partial charge in [0.25, 0.3) is 11.8 Å². The van der Waals surface area contributed by atoms with Crippen LogP contribution in [-0.4, -0.2) is 50.0 Å². The van der Waals surface area contributed by atoms with Crippen LogP contribution >= 0.6 is 0 Å². The van der Waals surface area contributed by atoms with Crippen LogP contribution in [0.1, 0.15) is 33.6 Å². The molecule has 1 atom stereocenters. The van der Waals surface area contributed by atoms with E-state index in [9.17, 15) is 14.0 Å². The van der Waals surface area contributed by atoms with Crippen molar-refractivity contribution in [2.24, 2.45) is 0 Å². The molecule has 0 bridgehead atoms. The number of carbonyl (C=O) groups excluding carboxylic acids is 2. The zero-order valence-corrected chi connectivity index (χ0v) is 16.0. The molecule has 0 spiro atoms. The van der Waals surface area contributed by atoms with Crippen LogP contribution in [0.15, 0.2) is 42.5 Å². The highest BCUT2D eigenvalue weighted by molar-refractivity contribution is 6.09. The molecule has 1 heterocycles. The van der Waals surface area contributed by atoms with E-state index < -0.39 is 11.7 Å². The standard InChI is InChI=1S/C21H24FN3O3/c1-23-16-4-3-11-25(13-16)21(27)18-10-7-15(22)12-19(18)24-20(26)14-5-8-17(28-2)9-6-14/h5-10,12,16,23H,3-4,11,13H2,1-2H3,(H,24,26). The Morgan fingerprint density at radius 2 is 1.93 bits per heavy atom. The van der Waals surface area contributed by atoms with E-state index in [1.54, 1.807) is 36.3 Å². The highest BCUT2D eigenvalue weighted by atomic mass is 19.1. The second kappa shape index (κ2) is 8.84. The molecule has 0 aromatic heterocycles. The summed E-state index contributed by atoms with van der Waals surface area (Å²) in [5.74, 6) is -0.533. The molecule has 2 aromatic carbocycles. The molecule has 1 unspecified atom stereocenters. The third kappa shape index (κ3) is 4.48. The number of carbonyl (C=O) groups is 2. The topological polar surface area (TPSA) is 70.7 Å². The van der Waals surface area contributed by atoms with Gasteiger partial charge in [-0.2, -0.15) is 0 Å². The van der Waals surface area contributed by atoms with Gasteiger partial charge >= 0.3 is 0 Å². The molecule has 148 valence electrons. The van der Waals surface area contributed by atoms with Crippen LogP contribution < -0.4 is 15.4 Å². The van der Waals surface area contributed by atoms with Gasteiger partial charge in [0.15, 0.2) is 0 Å². The molecule has 1 aliphatic heterocycles. The number of anilines is 1. The number of hydrogen-bond acceptors (Lipinski definition) is 4. The number of hydrogen-bond donors (Lipinski definition) is 2. The van der Waals surface area contributed by atoms with Crippen molar-refractivity contribution in [2.45, 2.75) is 18.9 Å². The Morgan fingerprint density at radius 3 is 2.61 bits per heavy atom. The number of amides is 2. The lowest BCUT2D eigenvalue weighted by Gasteiger charge is -2.33. The summed E-state index contributed by atoms with van der Waals surface area (Å²) < 4.78 is 18.9. The Bertz CT molecular complexity index is 854. The number of nitrogens with zero attached hydrogens (tertiary/aromatic N) is 1. The maximum Gasteiger partial charge on any atom is 0.256 e. The number of likely N-dealkylation sites (N-methyl/N-ethyl adjacent to an activating group) is 1. The lowest BCUT2D eigenvalue weighted by Crippen LogP contribution is -2.47. The maximum absolute atomic E-state index is 13.8. The summed E-state index contributed by atoms with van der Waals surface area (Å²) >= 11 is 0. The monoisotopic (exact) mass is 385 g/mol. The van der Waals surface area contributed by atoms with Crippen molar-refractivity contribution in [3.8, 4) is 5.75 Å². The molecular formula is C21H24FN3O3. The Balaban J connectivity index is 1.81. The van der Waals surface area contributed by atoms with Gasteiger partial charge in [0.05, 0.1) is 18.4 Å². The van der Waals surface area contributed by atoms with E-state index in [-0.39, 0.29) is 23.2 Å². The van der Waals surface area contributed by atoms with E-state index in [4.69, 9.17) is 4.74 Å². The number of benzene rings is 2. The highest BCUT2D eigenvalue weighted by Gasteiger charge is 2.26. The summed E-state index contributed by atoms with van der Waals surface area (Å²) in [6, 6.07) is 10.6. The minimum atomic E-state index is -0.520. The molecule has 0 radical (unpaired) electrons. The van der Waals surface area contributed by atoms with Crippen molar-refractivity contribution in [1.29, 1.82) is 0 Å². The van der Waals surface area contributed by atoms with Gasteiger partial charge in [-0.15, -0.1) is 0 Å². The Hall–Kier alpha value is -2.93. The fourth-order valence-corrected chi connectivity index (χ4v) is 3.31. The van der Waals surface area contributed by atoms with E-state index in [0.29, 0.717) is 24.4 Å². The molecule has 1 aliphatic rings. The molecule has 1 saturated heterocycles. The normalized spacial score (nSPS) is 16.5. The van der Waals surface area contributed by atoms with Gasteiger partial charge in [-0.05, 0) is 62.4 Å². The molecule has 0 saturated carbocycles. The van der Waals surface area contributed by atoms with Gasteiger partial charge in [0.2, 0.25) is 0 Å². The predicted octanol–water partition coefficient (Wildman–Crippen LogP) is 2.91. The van der Waals surface area contributed by atoms with Crippen LogP contribution in [0.4, 0.5) is 10.1 Å². The van der Waals surface area contributed by atoms with Gasteiger partial charge in [-0.25, -0.2) is 4.39 Å². The number of rotatable bonds is 5. The van der Waals surface area contributed by atoms with Crippen LogP contribution in [0.5, 0.6) is 5.75 Å². The molecular weight excluding hydrogens is 361 g/mol. The van der Waals surface area contributed by atoms with Crippen molar-refractivity contribution >= 4 is 17.5 Å². The van der Waals surface area contributed by atoms with Gasteiger partial charge < -0.3 is 20.3 Å². The summed E-state index contributed by atoms with van der Waals surface area (Å²) in [7, 11) is 3.41. The lowest BCUT2D eigenvalue weighted by molar-refractivity contribution is 0.0699. The minimum Gasteiger partial charge on any atom is -0.497 e. The lowest BCUT2D eigenvalue weighted by atomic mass is 10.0. The Labute approximate surface area is 163 Å². The van der Waals surface area contributed by atoms with Crippen LogP contribution in [-0.2, 0) is 0 Å².